The summed E-state index contributed by atoms with van der Waals surface area (Å²) in [5, 5.41) is 3.21. The standard InChI is InChI=1S/C12H21N3O2.ClH/c1-12(3-4-12)11(17)14(2)9-10(16)15-7-5-13-6-8-15;/h13H,3-9H2,1-2H3;1H. The molecule has 0 aromatic heterocycles. The van der Waals surface area contributed by atoms with Crippen molar-refractivity contribution in [2.24, 2.45) is 5.41 Å². The Morgan fingerprint density at radius 1 is 1.28 bits per heavy atom. The normalized spacial score (nSPS) is 20.9. The lowest BCUT2D eigenvalue weighted by atomic mass is 10.1. The molecule has 0 unspecified atom stereocenters. The van der Waals surface area contributed by atoms with Gasteiger partial charge in [0.2, 0.25) is 11.8 Å². The molecule has 1 saturated heterocycles. The van der Waals surface area contributed by atoms with Gasteiger partial charge in [0, 0.05) is 38.6 Å². The van der Waals surface area contributed by atoms with E-state index in [4.69, 9.17) is 0 Å². The number of amides is 2. The first-order valence-corrected chi connectivity index (χ1v) is 6.27. The van der Waals surface area contributed by atoms with Crippen LogP contribution in [-0.4, -0.2) is 61.4 Å². The number of piperazine rings is 1. The van der Waals surface area contributed by atoms with E-state index < -0.39 is 0 Å². The van der Waals surface area contributed by atoms with Crippen molar-refractivity contribution in [1.82, 2.24) is 15.1 Å². The largest absolute Gasteiger partial charge is 0.339 e. The average molecular weight is 276 g/mol. The van der Waals surface area contributed by atoms with Crippen LogP contribution in [0.2, 0.25) is 0 Å². The van der Waals surface area contributed by atoms with Crippen molar-refractivity contribution >= 4 is 24.2 Å². The summed E-state index contributed by atoms with van der Waals surface area (Å²) in [7, 11) is 1.73. The maximum absolute atomic E-state index is 12.0. The molecule has 5 nitrogen and oxygen atoms in total. The van der Waals surface area contributed by atoms with Gasteiger partial charge in [0.25, 0.3) is 0 Å². The number of hydrogen-bond acceptors (Lipinski definition) is 3. The highest BCUT2D eigenvalue weighted by atomic mass is 35.5. The van der Waals surface area contributed by atoms with Crippen LogP contribution in [0.5, 0.6) is 0 Å². The molecule has 0 bridgehead atoms. The summed E-state index contributed by atoms with van der Waals surface area (Å²) in [6.07, 6.45) is 1.91. The fraction of sp³-hybridized carbons (Fsp3) is 0.833. The molecule has 1 aliphatic heterocycles. The zero-order valence-electron chi connectivity index (χ0n) is 11.1. The maximum atomic E-state index is 12.0. The van der Waals surface area contributed by atoms with Crippen LogP contribution in [0.3, 0.4) is 0 Å². The Morgan fingerprint density at radius 2 is 1.83 bits per heavy atom. The van der Waals surface area contributed by atoms with E-state index in [0.29, 0.717) is 0 Å². The first kappa shape index (κ1) is 15.2. The number of halogens is 1. The molecular weight excluding hydrogens is 254 g/mol. The van der Waals surface area contributed by atoms with Crippen LogP contribution in [0.4, 0.5) is 0 Å². The number of carbonyl (C=O) groups is 2. The number of carbonyl (C=O) groups excluding carboxylic acids is 2. The molecule has 1 N–H and O–H groups in total. The summed E-state index contributed by atoms with van der Waals surface area (Å²) in [6.45, 7) is 5.38. The predicted molar refractivity (Wildman–Crippen MR) is 71.7 cm³/mol. The van der Waals surface area contributed by atoms with Crippen molar-refractivity contribution in [3.8, 4) is 0 Å². The Kier molecular flexibility index (Phi) is 4.99. The van der Waals surface area contributed by atoms with Crippen molar-refractivity contribution in [2.75, 3.05) is 39.8 Å². The van der Waals surface area contributed by atoms with Gasteiger partial charge in [0.1, 0.15) is 0 Å². The van der Waals surface area contributed by atoms with Gasteiger partial charge in [0.15, 0.2) is 0 Å². The van der Waals surface area contributed by atoms with Crippen molar-refractivity contribution in [3.05, 3.63) is 0 Å². The summed E-state index contributed by atoms with van der Waals surface area (Å²) in [5.41, 5.74) is -0.182. The second kappa shape index (κ2) is 5.89. The highest BCUT2D eigenvalue weighted by Crippen LogP contribution is 2.46. The molecule has 2 amide bonds. The average Bonchev–Trinajstić information content (AvgIpc) is 3.08. The minimum atomic E-state index is -0.182. The van der Waals surface area contributed by atoms with Gasteiger partial charge in [0.05, 0.1) is 6.54 Å². The maximum Gasteiger partial charge on any atom is 0.242 e. The molecule has 0 aromatic carbocycles. The highest BCUT2D eigenvalue weighted by molar-refractivity contribution is 5.89. The Labute approximate surface area is 114 Å². The van der Waals surface area contributed by atoms with Crippen LogP contribution in [0, 0.1) is 5.41 Å². The monoisotopic (exact) mass is 275 g/mol. The number of nitrogens with one attached hydrogen (secondary N) is 1. The third-order valence-corrected chi connectivity index (χ3v) is 3.71. The fourth-order valence-corrected chi connectivity index (χ4v) is 2.15. The summed E-state index contributed by atoms with van der Waals surface area (Å²) in [6, 6.07) is 0. The van der Waals surface area contributed by atoms with E-state index in [0.717, 1.165) is 39.0 Å². The molecule has 1 aliphatic carbocycles. The van der Waals surface area contributed by atoms with Crippen LogP contribution < -0.4 is 5.32 Å². The minimum Gasteiger partial charge on any atom is -0.339 e. The van der Waals surface area contributed by atoms with Gasteiger partial charge in [-0.2, -0.15) is 0 Å². The van der Waals surface area contributed by atoms with E-state index in [1.807, 2.05) is 11.8 Å². The van der Waals surface area contributed by atoms with Gasteiger partial charge >= 0.3 is 0 Å². The number of hydrogen-bond donors (Lipinski definition) is 1. The molecule has 6 heteroatoms. The van der Waals surface area contributed by atoms with E-state index in [1.165, 1.54) is 0 Å². The molecule has 104 valence electrons. The number of rotatable bonds is 3. The van der Waals surface area contributed by atoms with E-state index in [2.05, 4.69) is 5.32 Å². The van der Waals surface area contributed by atoms with Gasteiger partial charge < -0.3 is 15.1 Å². The second-order valence-electron chi connectivity index (χ2n) is 5.35. The molecule has 1 heterocycles. The predicted octanol–water partition coefficient (Wildman–Crippen LogP) is 0.0985. The first-order valence-electron chi connectivity index (χ1n) is 6.27. The summed E-state index contributed by atoms with van der Waals surface area (Å²) >= 11 is 0. The number of nitrogens with zero attached hydrogens (tertiary/aromatic N) is 2. The van der Waals surface area contributed by atoms with Gasteiger partial charge in [-0.1, -0.05) is 6.92 Å². The molecule has 0 spiro atoms. The van der Waals surface area contributed by atoms with E-state index in [9.17, 15) is 9.59 Å². The first-order chi connectivity index (χ1) is 8.03. The van der Waals surface area contributed by atoms with Crippen molar-refractivity contribution in [2.45, 2.75) is 19.8 Å². The summed E-state index contributed by atoms with van der Waals surface area (Å²) in [4.78, 5) is 27.4. The molecule has 2 fully saturated rings. The van der Waals surface area contributed by atoms with Crippen LogP contribution in [0.25, 0.3) is 0 Å². The minimum absolute atomic E-state index is 0. The molecule has 2 rings (SSSR count). The molecule has 0 radical (unpaired) electrons. The Balaban J connectivity index is 0.00000162. The lowest BCUT2D eigenvalue weighted by Gasteiger charge is -2.30. The van der Waals surface area contributed by atoms with Crippen molar-refractivity contribution in [3.63, 3.8) is 0 Å². The van der Waals surface area contributed by atoms with Crippen molar-refractivity contribution in [1.29, 1.82) is 0 Å². The van der Waals surface area contributed by atoms with Crippen molar-refractivity contribution < 1.29 is 9.59 Å². The van der Waals surface area contributed by atoms with Gasteiger partial charge in [-0.15, -0.1) is 12.4 Å². The van der Waals surface area contributed by atoms with Gasteiger partial charge in [-0.05, 0) is 12.8 Å². The molecule has 18 heavy (non-hydrogen) atoms. The third kappa shape index (κ3) is 3.36. The van der Waals surface area contributed by atoms with Gasteiger partial charge in [-0.3, -0.25) is 9.59 Å². The molecule has 0 aromatic rings. The molecule has 0 atom stereocenters. The third-order valence-electron chi connectivity index (χ3n) is 3.71. The van der Waals surface area contributed by atoms with E-state index in [1.54, 1.807) is 11.9 Å². The van der Waals surface area contributed by atoms with Crippen LogP contribution >= 0.6 is 12.4 Å². The van der Waals surface area contributed by atoms with E-state index >= 15 is 0 Å². The summed E-state index contributed by atoms with van der Waals surface area (Å²) < 4.78 is 0. The zero-order valence-corrected chi connectivity index (χ0v) is 11.9. The summed E-state index contributed by atoms with van der Waals surface area (Å²) in [5.74, 6) is 0.174. The quantitative estimate of drug-likeness (QED) is 0.795. The molecule has 1 saturated carbocycles. The van der Waals surface area contributed by atoms with Crippen LogP contribution in [-0.2, 0) is 9.59 Å². The Hall–Kier alpha value is -0.810. The Bertz CT molecular complexity index is 325. The van der Waals surface area contributed by atoms with Crippen LogP contribution in [0.1, 0.15) is 19.8 Å². The van der Waals surface area contributed by atoms with Gasteiger partial charge in [-0.25, -0.2) is 0 Å². The highest BCUT2D eigenvalue weighted by Gasteiger charge is 2.46. The number of likely N-dealkylation sites (N-methyl/N-ethyl adjacent to an activating group) is 1. The van der Waals surface area contributed by atoms with E-state index in [-0.39, 0.29) is 36.2 Å². The molecule has 2 aliphatic rings. The fourth-order valence-electron chi connectivity index (χ4n) is 2.15. The Morgan fingerprint density at radius 3 is 2.33 bits per heavy atom. The molecular formula is C12H22ClN3O2. The lowest BCUT2D eigenvalue weighted by Crippen LogP contribution is -2.50. The zero-order chi connectivity index (χ0) is 12.5. The SMILES string of the molecule is CN(CC(=O)N1CCNCC1)C(=O)C1(C)CC1.Cl. The van der Waals surface area contributed by atoms with Crippen LogP contribution in [0.15, 0.2) is 0 Å². The smallest absolute Gasteiger partial charge is 0.242 e. The second-order valence-corrected chi connectivity index (χ2v) is 5.35. The topological polar surface area (TPSA) is 52.7 Å². The lowest BCUT2D eigenvalue weighted by molar-refractivity contribution is -0.142.